The van der Waals surface area contributed by atoms with Gasteiger partial charge in [-0.2, -0.15) is 0 Å². The van der Waals surface area contributed by atoms with Crippen LogP contribution in [0.1, 0.15) is 53.6 Å². The molecule has 1 unspecified atom stereocenters. The molecule has 1 N–H and O–H groups in total. The number of rotatable bonds is 6. The van der Waals surface area contributed by atoms with Gasteiger partial charge in [0.05, 0.1) is 13.5 Å². The van der Waals surface area contributed by atoms with E-state index in [9.17, 15) is 9.59 Å². The molecule has 1 aliphatic heterocycles. The zero-order chi connectivity index (χ0) is 22.4. The second kappa shape index (κ2) is 10.0. The van der Waals surface area contributed by atoms with Crippen LogP contribution in [0, 0.1) is 5.41 Å². The molecule has 1 heterocycles. The molecule has 2 aromatic carbocycles. The predicted octanol–water partition coefficient (Wildman–Crippen LogP) is 4.52. The molecule has 4 rings (SSSR count). The minimum absolute atomic E-state index is 0.0320. The van der Waals surface area contributed by atoms with Gasteiger partial charge in [-0.15, -0.1) is 0 Å². The fourth-order valence-electron chi connectivity index (χ4n) is 4.83. The molecular weight excluding hydrogens is 400 g/mol. The number of likely N-dealkylation sites (tertiary alicyclic amines) is 1. The fraction of sp³-hybridized carbons (Fsp3) is 0.407. The second-order valence-electron chi connectivity index (χ2n) is 9.04. The van der Waals surface area contributed by atoms with Crippen molar-refractivity contribution in [3.63, 3.8) is 0 Å². The molecule has 1 atom stereocenters. The van der Waals surface area contributed by atoms with Crippen molar-refractivity contribution in [3.8, 4) is 5.75 Å². The molecule has 1 fully saturated rings. The van der Waals surface area contributed by atoms with Crippen molar-refractivity contribution in [2.75, 3.05) is 20.2 Å². The van der Waals surface area contributed by atoms with Crippen molar-refractivity contribution in [2.45, 2.75) is 45.1 Å². The minimum Gasteiger partial charge on any atom is -0.497 e. The normalized spacial score (nSPS) is 20.2. The lowest BCUT2D eigenvalue weighted by molar-refractivity contribution is -0.120. The Bertz CT molecular complexity index is 965. The summed E-state index contributed by atoms with van der Waals surface area (Å²) in [4.78, 5) is 27.4. The van der Waals surface area contributed by atoms with E-state index < -0.39 is 0 Å². The molecule has 2 aromatic rings. The van der Waals surface area contributed by atoms with Gasteiger partial charge in [0.2, 0.25) is 5.91 Å². The maximum absolute atomic E-state index is 13.1. The van der Waals surface area contributed by atoms with Crippen LogP contribution < -0.4 is 10.1 Å². The first-order chi connectivity index (χ1) is 15.6. The predicted molar refractivity (Wildman–Crippen MR) is 126 cm³/mol. The van der Waals surface area contributed by atoms with E-state index >= 15 is 0 Å². The number of ether oxygens (including phenoxy) is 1. The monoisotopic (exact) mass is 432 g/mol. The summed E-state index contributed by atoms with van der Waals surface area (Å²) < 4.78 is 5.14. The molecule has 168 valence electrons. The van der Waals surface area contributed by atoms with E-state index in [4.69, 9.17) is 4.74 Å². The Hall–Kier alpha value is -3.08. The topological polar surface area (TPSA) is 58.6 Å². The van der Waals surface area contributed by atoms with Crippen molar-refractivity contribution in [3.05, 3.63) is 77.4 Å². The summed E-state index contributed by atoms with van der Waals surface area (Å²) in [5.74, 6) is 0.864. The van der Waals surface area contributed by atoms with Gasteiger partial charge in [0.1, 0.15) is 5.75 Å². The number of benzene rings is 2. The third-order valence-electron chi connectivity index (χ3n) is 6.72. The summed E-state index contributed by atoms with van der Waals surface area (Å²) in [6, 6.07) is 15.1. The largest absolute Gasteiger partial charge is 0.497 e. The molecular formula is C27H32N2O3. The van der Waals surface area contributed by atoms with Crippen LogP contribution in [0.3, 0.4) is 0 Å². The summed E-state index contributed by atoms with van der Waals surface area (Å²) >= 11 is 0. The third kappa shape index (κ3) is 5.39. The Morgan fingerprint density at radius 3 is 2.44 bits per heavy atom. The summed E-state index contributed by atoms with van der Waals surface area (Å²) in [7, 11) is 1.62. The van der Waals surface area contributed by atoms with Crippen molar-refractivity contribution in [1.82, 2.24) is 10.2 Å². The molecule has 1 saturated heterocycles. The average Bonchev–Trinajstić information content (AvgIpc) is 2.83. The van der Waals surface area contributed by atoms with Gasteiger partial charge in [-0.3, -0.25) is 9.59 Å². The molecule has 0 saturated carbocycles. The molecule has 5 nitrogen and oxygen atoms in total. The number of carbonyl (C=O) groups excluding carboxylic acids is 2. The lowest BCUT2D eigenvalue weighted by atomic mass is 9.71. The third-order valence-corrected chi connectivity index (χ3v) is 6.72. The summed E-state index contributed by atoms with van der Waals surface area (Å²) in [6.45, 7) is 2.15. The van der Waals surface area contributed by atoms with Gasteiger partial charge in [-0.1, -0.05) is 36.4 Å². The summed E-state index contributed by atoms with van der Waals surface area (Å²) in [6.07, 6.45) is 10.6. The van der Waals surface area contributed by atoms with E-state index in [0.717, 1.165) is 54.8 Å². The van der Waals surface area contributed by atoms with Crippen LogP contribution in [-0.2, 0) is 17.8 Å². The summed E-state index contributed by atoms with van der Waals surface area (Å²) in [5.41, 5.74) is 2.92. The second-order valence-corrected chi connectivity index (χ2v) is 9.04. The SMILES string of the molecule is COc1ccc(CC(=O)NCc2ccc(C(=O)N3CCCC4(CC=CCC4)C3)cc2)cc1. The van der Waals surface area contributed by atoms with Crippen LogP contribution >= 0.6 is 0 Å². The number of hydrogen-bond acceptors (Lipinski definition) is 3. The van der Waals surface area contributed by atoms with Gasteiger partial charge < -0.3 is 15.0 Å². The number of allylic oxidation sites excluding steroid dienone is 2. The molecule has 2 aliphatic rings. The maximum atomic E-state index is 13.1. The van der Waals surface area contributed by atoms with E-state index in [-0.39, 0.29) is 17.2 Å². The van der Waals surface area contributed by atoms with E-state index in [0.29, 0.717) is 13.0 Å². The molecule has 5 heteroatoms. The molecule has 0 aromatic heterocycles. The molecule has 1 spiro atoms. The van der Waals surface area contributed by atoms with Crippen LogP contribution in [0.25, 0.3) is 0 Å². The lowest BCUT2D eigenvalue weighted by Crippen LogP contribution is -2.46. The zero-order valence-electron chi connectivity index (χ0n) is 18.8. The Morgan fingerprint density at radius 1 is 1.00 bits per heavy atom. The van der Waals surface area contributed by atoms with Crippen LogP contribution in [0.5, 0.6) is 5.75 Å². The molecule has 0 bridgehead atoms. The standard InChI is InChI=1S/C27H32N2O3/c1-32-24-12-8-21(9-13-24)18-25(30)28-19-22-6-10-23(11-7-22)26(31)29-17-5-16-27(20-29)14-3-2-4-15-27/h2-3,6-13H,4-5,14-20H2,1H3,(H,28,30). The van der Waals surface area contributed by atoms with Crippen LogP contribution in [0.15, 0.2) is 60.7 Å². The number of piperidine rings is 1. The number of methoxy groups -OCH3 is 1. The number of amides is 2. The van der Waals surface area contributed by atoms with Crippen LogP contribution in [0.2, 0.25) is 0 Å². The Labute approximate surface area is 190 Å². The van der Waals surface area contributed by atoms with E-state index in [1.165, 1.54) is 12.8 Å². The quantitative estimate of drug-likeness (QED) is 0.683. The Kier molecular flexibility index (Phi) is 6.93. The van der Waals surface area contributed by atoms with E-state index in [2.05, 4.69) is 17.5 Å². The van der Waals surface area contributed by atoms with Gasteiger partial charge >= 0.3 is 0 Å². The first kappa shape index (κ1) is 22.1. The lowest BCUT2D eigenvalue weighted by Gasteiger charge is -2.44. The highest BCUT2D eigenvalue weighted by molar-refractivity contribution is 5.94. The van der Waals surface area contributed by atoms with Gasteiger partial charge in [0.15, 0.2) is 0 Å². The zero-order valence-corrected chi connectivity index (χ0v) is 18.8. The summed E-state index contributed by atoms with van der Waals surface area (Å²) in [5, 5.41) is 2.95. The number of nitrogens with zero attached hydrogens (tertiary/aromatic N) is 1. The van der Waals surface area contributed by atoms with Crippen molar-refractivity contribution >= 4 is 11.8 Å². The van der Waals surface area contributed by atoms with Crippen LogP contribution in [-0.4, -0.2) is 36.9 Å². The van der Waals surface area contributed by atoms with Gasteiger partial charge in [-0.05, 0) is 72.9 Å². The van der Waals surface area contributed by atoms with Crippen molar-refractivity contribution in [1.29, 1.82) is 0 Å². The van der Waals surface area contributed by atoms with Crippen LogP contribution in [0.4, 0.5) is 0 Å². The average molecular weight is 433 g/mol. The highest BCUT2D eigenvalue weighted by Gasteiger charge is 2.36. The minimum atomic E-state index is -0.0320. The Balaban J connectivity index is 1.29. The molecule has 1 aliphatic carbocycles. The highest BCUT2D eigenvalue weighted by Crippen LogP contribution is 2.41. The van der Waals surface area contributed by atoms with Crippen molar-refractivity contribution < 1.29 is 14.3 Å². The first-order valence-electron chi connectivity index (χ1n) is 11.5. The van der Waals surface area contributed by atoms with E-state index in [1.807, 2.05) is 53.4 Å². The first-order valence-corrected chi connectivity index (χ1v) is 11.5. The number of carbonyl (C=O) groups is 2. The highest BCUT2D eigenvalue weighted by atomic mass is 16.5. The fourth-order valence-corrected chi connectivity index (χ4v) is 4.83. The van der Waals surface area contributed by atoms with E-state index in [1.54, 1.807) is 7.11 Å². The maximum Gasteiger partial charge on any atom is 0.253 e. The smallest absolute Gasteiger partial charge is 0.253 e. The van der Waals surface area contributed by atoms with Gasteiger partial charge in [0, 0.05) is 25.2 Å². The molecule has 2 amide bonds. The van der Waals surface area contributed by atoms with Crippen molar-refractivity contribution in [2.24, 2.45) is 5.41 Å². The number of hydrogen-bond donors (Lipinski definition) is 1. The molecule has 0 radical (unpaired) electrons. The van der Waals surface area contributed by atoms with Gasteiger partial charge in [0.25, 0.3) is 5.91 Å². The van der Waals surface area contributed by atoms with Gasteiger partial charge in [-0.25, -0.2) is 0 Å². The molecule has 32 heavy (non-hydrogen) atoms. The Morgan fingerprint density at radius 2 is 1.75 bits per heavy atom. The number of nitrogens with one attached hydrogen (secondary N) is 1.